The third-order valence-electron chi connectivity index (χ3n) is 16.7. The van der Waals surface area contributed by atoms with Gasteiger partial charge in [-0.05, 0) is 300 Å². The zero-order valence-electron chi connectivity index (χ0n) is 63.9. The van der Waals surface area contributed by atoms with Crippen LogP contribution in [0.2, 0.25) is 0 Å². The molecule has 99 heavy (non-hydrogen) atoms. The van der Waals surface area contributed by atoms with Gasteiger partial charge in [-0.2, -0.15) is 0 Å². The first-order valence-electron chi connectivity index (χ1n) is 33.7. The number of rotatable bonds is 2. The van der Waals surface area contributed by atoms with Crippen molar-refractivity contribution in [2.24, 2.45) is 0 Å². The van der Waals surface area contributed by atoms with Gasteiger partial charge >= 0.3 is 0 Å². The summed E-state index contributed by atoms with van der Waals surface area (Å²) < 4.78 is 0. The molecule has 13 rings (SSSR count). The summed E-state index contributed by atoms with van der Waals surface area (Å²) in [6.07, 6.45) is 5.38. The van der Waals surface area contributed by atoms with E-state index in [0.29, 0.717) is 0 Å². The smallest absolute Gasteiger partial charge is 0.129 e. The van der Waals surface area contributed by atoms with Gasteiger partial charge in [0.25, 0.3) is 0 Å². The average Bonchev–Trinajstić information content (AvgIpc) is 1.55. The van der Waals surface area contributed by atoms with Crippen molar-refractivity contribution < 1.29 is 0 Å². The van der Waals surface area contributed by atoms with Crippen LogP contribution in [-0.2, 0) is 5.41 Å². The van der Waals surface area contributed by atoms with Crippen LogP contribution >= 0.6 is 0 Å². The molecule has 13 heteroatoms. The average molecular weight is 1320 g/mol. The predicted octanol–water partition coefficient (Wildman–Crippen LogP) is 19.7. The zero-order chi connectivity index (χ0) is 73.3. The molecule has 4 aromatic carbocycles. The van der Waals surface area contributed by atoms with Crippen LogP contribution in [0.15, 0.2) is 164 Å². The normalized spacial score (nSPS) is 10.8. The van der Waals surface area contributed by atoms with Crippen molar-refractivity contribution >= 4 is 0 Å². The third kappa shape index (κ3) is 24.1. The van der Waals surface area contributed by atoms with Crippen LogP contribution in [0.25, 0.3) is 11.1 Å². The molecule has 0 bridgehead atoms. The Kier molecular flexibility index (Phi) is 30.5. The topological polar surface area (TPSA) is 168 Å². The molecule has 514 valence electrons. The number of hydrogen-bond donors (Lipinski definition) is 0. The van der Waals surface area contributed by atoms with Gasteiger partial charge in [-0.1, -0.05) is 109 Å². The molecule has 0 saturated heterocycles. The van der Waals surface area contributed by atoms with Crippen molar-refractivity contribution in [1.82, 2.24) is 64.8 Å². The first-order valence-corrected chi connectivity index (χ1v) is 33.7. The minimum atomic E-state index is -0.263. The fraction of sp³-hybridized carbons (Fsp3) is 0.314. The molecule has 1 aliphatic rings. The second kappa shape index (κ2) is 38.0. The number of aryl methyl sites for hydroxylation is 23. The van der Waals surface area contributed by atoms with Crippen LogP contribution in [0.3, 0.4) is 0 Å². The summed E-state index contributed by atoms with van der Waals surface area (Å²) in [5, 5.41) is 0. The van der Waals surface area contributed by atoms with Crippen LogP contribution in [0.1, 0.15) is 170 Å². The van der Waals surface area contributed by atoms with Crippen LogP contribution in [0, 0.1) is 180 Å². The standard InChI is InChI=1S/C26H20.C8H12N2.4C8H11N.2C7H10N2.C6H9N3/c1-19-11-10-18-24-25(19)22-16-8-9-17-23(22)26(24,20-12-4-2-5-13-20)21-14-6-3-7-15-21;1-5-6(2)9-8(4)10-7(5)3;1-6-4-9-5-7(2)8(6)3;2*1-6-4-7(2)9-8(3)5-6;1-6-4-5-7(2)9-8(6)3;1-5-6(2)8-4-9-7(5)3;1-5-4-6(2)9-7(3)8-5;1-4-7-5(2)9-6(3)8-4/h2-18H,1H3;1-4H3;4*4-5H,1-3H3;2*4H,1-3H3;1-3H3. The molecule has 0 atom stereocenters. The van der Waals surface area contributed by atoms with Crippen molar-refractivity contribution in [2.75, 3.05) is 0 Å². The maximum absolute atomic E-state index is 4.27. The Morgan fingerprint density at radius 3 is 1.03 bits per heavy atom. The van der Waals surface area contributed by atoms with Gasteiger partial charge in [0.05, 0.1) is 5.41 Å². The van der Waals surface area contributed by atoms with Crippen molar-refractivity contribution in [1.29, 1.82) is 0 Å². The van der Waals surface area contributed by atoms with Gasteiger partial charge in [0.1, 0.15) is 35.4 Å². The van der Waals surface area contributed by atoms with E-state index < -0.39 is 0 Å². The molecule has 0 saturated carbocycles. The van der Waals surface area contributed by atoms with Crippen LogP contribution in [0.5, 0.6) is 0 Å². The summed E-state index contributed by atoms with van der Waals surface area (Å²) in [7, 11) is 0. The molecular formula is C86H105N13. The first-order chi connectivity index (χ1) is 46.8. The van der Waals surface area contributed by atoms with Crippen molar-refractivity contribution in [3.63, 3.8) is 0 Å². The molecular weight excluding hydrogens is 1220 g/mol. The molecule has 12 aromatic rings. The van der Waals surface area contributed by atoms with Crippen molar-refractivity contribution in [3.8, 4) is 11.1 Å². The van der Waals surface area contributed by atoms with Gasteiger partial charge in [-0.15, -0.1) is 0 Å². The molecule has 0 spiro atoms. The summed E-state index contributed by atoms with van der Waals surface area (Å²) >= 11 is 0. The van der Waals surface area contributed by atoms with Gasteiger partial charge in [0, 0.05) is 80.7 Å². The Labute approximate surface area is 592 Å². The van der Waals surface area contributed by atoms with E-state index in [9.17, 15) is 0 Å². The zero-order valence-corrected chi connectivity index (χ0v) is 63.9. The highest BCUT2D eigenvalue weighted by atomic mass is 15.0. The Balaban J connectivity index is 0.000000210. The maximum Gasteiger partial charge on any atom is 0.129 e. The van der Waals surface area contributed by atoms with E-state index in [1.54, 1.807) is 6.33 Å². The van der Waals surface area contributed by atoms with Crippen molar-refractivity contribution in [3.05, 3.63) is 334 Å². The largest absolute Gasteiger partial charge is 0.264 e. The van der Waals surface area contributed by atoms with Gasteiger partial charge in [0.2, 0.25) is 0 Å². The van der Waals surface area contributed by atoms with E-state index >= 15 is 0 Å². The van der Waals surface area contributed by atoms with E-state index in [2.05, 4.69) is 247 Å². The molecule has 0 radical (unpaired) electrons. The van der Waals surface area contributed by atoms with Gasteiger partial charge < -0.3 is 0 Å². The lowest BCUT2D eigenvalue weighted by molar-refractivity contribution is 0.768. The van der Waals surface area contributed by atoms with Crippen molar-refractivity contribution in [2.45, 2.75) is 185 Å². The van der Waals surface area contributed by atoms with E-state index in [4.69, 9.17) is 0 Å². The summed E-state index contributed by atoms with van der Waals surface area (Å²) in [4.78, 5) is 53.6. The Morgan fingerprint density at radius 1 is 0.253 bits per heavy atom. The SMILES string of the molecule is Cc1cc(C)nc(C)c1.Cc1cc(C)nc(C)c1.Cc1cc(C)nc(C)n1.Cc1ccc(C)c(C)n1.Cc1cccc2c1-c1ccccc1C2(c1ccccc1)c1ccccc1.Cc1cncc(C)c1C.Cc1nc(C)c(C)c(C)n1.Cc1nc(C)nc(C)n1.Cc1ncnc(C)c1C. The Hall–Kier alpha value is -10.3. The minimum absolute atomic E-state index is 0.263. The number of benzene rings is 4. The summed E-state index contributed by atoms with van der Waals surface area (Å²) in [6.45, 7) is 52.3. The highest BCUT2D eigenvalue weighted by Crippen LogP contribution is 2.56. The minimum Gasteiger partial charge on any atom is -0.264 e. The lowest BCUT2D eigenvalue weighted by Gasteiger charge is -2.33. The van der Waals surface area contributed by atoms with Gasteiger partial charge in [0.15, 0.2) is 0 Å². The van der Waals surface area contributed by atoms with E-state index in [0.717, 1.165) is 97.4 Å². The monoisotopic (exact) mass is 1320 g/mol. The predicted molar refractivity (Wildman–Crippen MR) is 410 cm³/mol. The molecule has 0 fully saturated rings. The molecule has 0 N–H and O–H groups in total. The fourth-order valence-electron chi connectivity index (χ4n) is 11.6. The molecule has 8 heterocycles. The van der Waals surface area contributed by atoms with Gasteiger partial charge in [-0.3, -0.25) is 19.9 Å². The molecule has 0 aliphatic heterocycles. The van der Waals surface area contributed by atoms with E-state index in [1.807, 2.05) is 156 Å². The second-order valence-electron chi connectivity index (χ2n) is 25.5. The number of hydrogen-bond acceptors (Lipinski definition) is 13. The second-order valence-corrected chi connectivity index (χ2v) is 25.5. The van der Waals surface area contributed by atoms with Crippen LogP contribution < -0.4 is 0 Å². The quantitative estimate of drug-likeness (QED) is 0.160. The summed E-state index contributed by atoms with van der Waals surface area (Å²) in [6, 6.07) is 51.9. The summed E-state index contributed by atoms with van der Waals surface area (Å²) in [5.74, 6) is 4.09. The molecule has 1 aliphatic carbocycles. The molecule has 8 aromatic heterocycles. The number of pyridine rings is 4. The summed E-state index contributed by atoms with van der Waals surface area (Å²) in [5.41, 5.74) is 32.4. The molecule has 0 unspecified atom stereocenters. The highest BCUT2D eigenvalue weighted by Gasteiger charge is 2.46. The Morgan fingerprint density at radius 2 is 0.636 bits per heavy atom. The lowest BCUT2D eigenvalue weighted by atomic mass is 9.67. The van der Waals surface area contributed by atoms with Gasteiger partial charge in [-0.25, -0.2) is 44.9 Å². The Bertz CT molecular complexity index is 4030. The van der Waals surface area contributed by atoms with Crippen LogP contribution in [-0.4, -0.2) is 64.8 Å². The lowest BCUT2D eigenvalue weighted by Crippen LogP contribution is -2.28. The van der Waals surface area contributed by atoms with E-state index in [-0.39, 0.29) is 5.41 Å². The maximum atomic E-state index is 4.27. The number of fused-ring (bicyclic) bond motifs is 3. The first kappa shape index (κ1) is 79.4. The van der Waals surface area contributed by atoms with E-state index in [1.165, 1.54) is 83.5 Å². The number of nitrogens with zero attached hydrogens (tertiary/aromatic N) is 13. The number of aromatic nitrogens is 13. The molecule has 13 nitrogen and oxygen atoms in total. The third-order valence-corrected chi connectivity index (χ3v) is 16.7. The van der Waals surface area contributed by atoms with Crippen LogP contribution in [0.4, 0.5) is 0 Å². The highest BCUT2D eigenvalue weighted by molar-refractivity contribution is 5.88. The molecule has 0 amide bonds. The fourth-order valence-corrected chi connectivity index (χ4v) is 11.6.